The van der Waals surface area contributed by atoms with Crippen LogP contribution in [0, 0.1) is 10.1 Å². The number of H-pyrrole nitrogens is 1. The minimum Gasteiger partial charge on any atom is -0.508 e. The van der Waals surface area contributed by atoms with Gasteiger partial charge < -0.3 is 10.1 Å². The largest absolute Gasteiger partial charge is 0.508 e. The van der Waals surface area contributed by atoms with Crippen molar-refractivity contribution < 1.29 is 15.2 Å². The smallest absolute Gasteiger partial charge is 0.270 e. The van der Waals surface area contributed by atoms with Crippen molar-refractivity contribution in [3.63, 3.8) is 0 Å². The van der Waals surface area contributed by atoms with Crippen molar-refractivity contribution in [2.45, 2.75) is 0 Å². The first-order valence-electron chi connectivity index (χ1n) is 7.31. The molecule has 0 saturated heterocycles. The fourth-order valence-corrected chi connectivity index (χ4v) is 3.05. The van der Waals surface area contributed by atoms with Crippen LogP contribution >= 0.6 is 0 Å². The normalized spacial score (nSPS) is 13.0. The number of hydrogen-bond donors (Lipinski definition) is 4. The zero-order valence-corrected chi connectivity index (χ0v) is 12.8. The van der Waals surface area contributed by atoms with Gasteiger partial charge in [0.05, 0.1) is 27.4 Å². The molecule has 0 fully saturated rings. The van der Waals surface area contributed by atoms with Crippen LogP contribution in [0.1, 0.15) is 5.69 Å². The molecule has 8 heteroatoms. The number of hydrogen-bond acceptors (Lipinski definition) is 6. The molecule has 25 heavy (non-hydrogen) atoms. The maximum absolute atomic E-state index is 11.1. The quantitative estimate of drug-likeness (QED) is 0.430. The number of benzene rings is 2. The van der Waals surface area contributed by atoms with Crippen LogP contribution in [-0.4, -0.2) is 20.2 Å². The summed E-state index contributed by atoms with van der Waals surface area (Å²) in [4.78, 5) is 18.1. The molecule has 1 aliphatic heterocycles. The van der Waals surface area contributed by atoms with E-state index in [0.29, 0.717) is 44.1 Å². The van der Waals surface area contributed by atoms with Crippen molar-refractivity contribution >= 4 is 27.9 Å². The Hall–Kier alpha value is -3.65. The number of nitrogens with one attached hydrogen (secondary N) is 2. The lowest BCUT2D eigenvalue weighted by Crippen LogP contribution is -2.23. The van der Waals surface area contributed by atoms with Gasteiger partial charge in [-0.25, -0.2) is 4.99 Å². The molecular formula is C17H12N4O4. The Labute approximate surface area is 140 Å². The van der Waals surface area contributed by atoms with Crippen molar-refractivity contribution in [3.8, 4) is 5.75 Å². The van der Waals surface area contributed by atoms with E-state index in [4.69, 9.17) is 0 Å². The fraction of sp³-hybridized carbons (Fsp3) is 0. The number of nitro groups is 1. The topological polar surface area (TPSA) is 124 Å². The number of nitrogens with zero attached hydrogens (tertiary/aromatic N) is 2. The van der Waals surface area contributed by atoms with E-state index in [-0.39, 0.29) is 11.4 Å². The number of phenols is 1. The standard InChI is InChI=1S/C17H12N4O4/c1-8-15(11-6-9(21(24)25)2-4-13(11)18-8)17-16(20-23)12-7-10(22)3-5-14(12)19-17/h2-7,19-20,22-23H,1H2. The van der Waals surface area contributed by atoms with Crippen LogP contribution < -0.4 is 16.1 Å². The first-order valence-corrected chi connectivity index (χ1v) is 7.31. The van der Waals surface area contributed by atoms with Crippen molar-refractivity contribution in [2.75, 3.05) is 5.48 Å². The molecule has 8 nitrogen and oxygen atoms in total. The number of aromatic amines is 1. The molecule has 0 aliphatic carbocycles. The van der Waals surface area contributed by atoms with Crippen molar-refractivity contribution in [1.82, 2.24) is 4.98 Å². The Bertz CT molecular complexity index is 1190. The Morgan fingerprint density at radius 1 is 1.24 bits per heavy atom. The first kappa shape index (κ1) is 14.9. The molecule has 0 radical (unpaired) electrons. The van der Waals surface area contributed by atoms with E-state index >= 15 is 0 Å². The SMILES string of the molecule is C=C1N=c2ccc([N+](=O)[O-])cc2=C1c1[nH]c2ccc(O)cc2c1NO. The Morgan fingerprint density at radius 2 is 2.04 bits per heavy atom. The van der Waals surface area contributed by atoms with Crippen LogP contribution in [0.25, 0.3) is 16.5 Å². The van der Waals surface area contributed by atoms with E-state index in [1.54, 1.807) is 12.1 Å². The van der Waals surface area contributed by atoms with Crippen molar-refractivity contribution in [3.05, 3.63) is 75.1 Å². The van der Waals surface area contributed by atoms with Crippen molar-refractivity contribution in [2.24, 2.45) is 4.99 Å². The van der Waals surface area contributed by atoms with Crippen LogP contribution in [0.2, 0.25) is 0 Å². The molecule has 2 heterocycles. The number of aromatic hydroxyl groups is 1. The molecule has 0 bridgehead atoms. The molecule has 0 amide bonds. The highest BCUT2D eigenvalue weighted by Gasteiger charge is 2.22. The zero-order valence-electron chi connectivity index (χ0n) is 12.8. The Kier molecular flexibility index (Phi) is 3.09. The van der Waals surface area contributed by atoms with E-state index in [2.05, 4.69) is 22.0 Å². The summed E-state index contributed by atoms with van der Waals surface area (Å²) < 4.78 is 0. The second-order valence-corrected chi connectivity index (χ2v) is 5.61. The third kappa shape index (κ3) is 2.16. The van der Waals surface area contributed by atoms with Gasteiger partial charge in [-0.1, -0.05) is 6.58 Å². The van der Waals surface area contributed by atoms with Crippen LogP contribution in [-0.2, 0) is 0 Å². The third-order valence-electron chi connectivity index (χ3n) is 4.15. The highest BCUT2D eigenvalue weighted by molar-refractivity contribution is 6.01. The van der Waals surface area contributed by atoms with E-state index < -0.39 is 4.92 Å². The minimum absolute atomic E-state index is 0.0468. The van der Waals surface area contributed by atoms with Gasteiger partial charge in [-0.3, -0.25) is 20.8 Å². The highest BCUT2D eigenvalue weighted by atomic mass is 16.6. The number of non-ortho nitro benzene ring substituents is 1. The summed E-state index contributed by atoms with van der Waals surface area (Å²) >= 11 is 0. The maximum atomic E-state index is 11.1. The Morgan fingerprint density at radius 3 is 2.76 bits per heavy atom. The molecule has 4 rings (SSSR count). The van der Waals surface area contributed by atoms with Crippen molar-refractivity contribution in [1.29, 1.82) is 0 Å². The second-order valence-electron chi connectivity index (χ2n) is 5.61. The van der Waals surface area contributed by atoms with Gasteiger partial charge in [0.15, 0.2) is 0 Å². The molecule has 0 atom stereocenters. The van der Waals surface area contributed by atoms with E-state index in [1.165, 1.54) is 24.3 Å². The van der Waals surface area contributed by atoms with Gasteiger partial charge in [0.2, 0.25) is 0 Å². The van der Waals surface area contributed by atoms with Gasteiger partial charge in [-0.05, 0) is 24.3 Å². The molecule has 1 aliphatic rings. The average molecular weight is 336 g/mol. The summed E-state index contributed by atoms with van der Waals surface area (Å²) in [6.07, 6.45) is 0. The molecule has 2 aromatic carbocycles. The monoisotopic (exact) mass is 336 g/mol. The average Bonchev–Trinajstić information content (AvgIpc) is 3.09. The summed E-state index contributed by atoms with van der Waals surface area (Å²) in [6.45, 7) is 3.91. The summed E-state index contributed by atoms with van der Waals surface area (Å²) in [7, 11) is 0. The molecular weight excluding hydrogens is 324 g/mol. The molecule has 0 saturated carbocycles. The zero-order chi connectivity index (χ0) is 17.7. The lowest BCUT2D eigenvalue weighted by Gasteiger charge is -2.05. The number of aromatic nitrogens is 1. The Balaban J connectivity index is 2.10. The molecule has 1 aromatic heterocycles. The molecule has 4 N–H and O–H groups in total. The van der Waals surface area contributed by atoms with E-state index in [1.807, 2.05) is 0 Å². The number of allylic oxidation sites excluding steroid dienone is 1. The summed E-state index contributed by atoms with van der Waals surface area (Å²) in [5, 5.41) is 32.1. The van der Waals surface area contributed by atoms with Gasteiger partial charge >= 0.3 is 0 Å². The lowest BCUT2D eigenvalue weighted by molar-refractivity contribution is -0.385. The van der Waals surface area contributed by atoms with Gasteiger partial charge in [0.1, 0.15) is 5.75 Å². The summed E-state index contributed by atoms with van der Waals surface area (Å²) in [5.74, 6) is 0.0468. The predicted molar refractivity (Wildman–Crippen MR) is 90.9 cm³/mol. The number of phenolic OH excluding ortho intramolecular Hbond substituents is 1. The first-order chi connectivity index (χ1) is 12.0. The fourth-order valence-electron chi connectivity index (χ4n) is 3.05. The summed E-state index contributed by atoms with van der Waals surface area (Å²) in [6, 6.07) is 9.05. The molecule has 3 aromatic rings. The molecule has 124 valence electrons. The van der Waals surface area contributed by atoms with Crippen LogP contribution in [0.3, 0.4) is 0 Å². The van der Waals surface area contributed by atoms with Crippen LogP contribution in [0.4, 0.5) is 11.4 Å². The number of anilines is 1. The number of rotatable bonds is 3. The lowest BCUT2D eigenvalue weighted by atomic mass is 10.1. The van der Waals surface area contributed by atoms with Gasteiger partial charge in [-0.15, -0.1) is 0 Å². The number of nitro benzene ring substituents is 1. The van der Waals surface area contributed by atoms with E-state index in [0.717, 1.165) is 0 Å². The van der Waals surface area contributed by atoms with Crippen LogP contribution in [0.15, 0.2) is 53.7 Å². The highest BCUT2D eigenvalue weighted by Crippen LogP contribution is 2.35. The van der Waals surface area contributed by atoms with Gasteiger partial charge in [-0.2, -0.15) is 0 Å². The van der Waals surface area contributed by atoms with E-state index in [9.17, 15) is 20.4 Å². The second kappa shape index (κ2) is 5.18. The predicted octanol–water partition coefficient (Wildman–Crippen LogP) is 1.93. The number of fused-ring (bicyclic) bond motifs is 2. The van der Waals surface area contributed by atoms with Crippen LogP contribution in [0.5, 0.6) is 5.75 Å². The maximum Gasteiger partial charge on any atom is 0.270 e. The third-order valence-corrected chi connectivity index (χ3v) is 4.15. The summed E-state index contributed by atoms with van der Waals surface area (Å²) in [5.41, 5.74) is 4.52. The minimum atomic E-state index is -0.479. The van der Waals surface area contributed by atoms with Gasteiger partial charge in [0, 0.05) is 33.8 Å². The van der Waals surface area contributed by atoms with Gasteiger partial charge in [0.25, 0.3) is 5.69 Å². The molecule has 0 spiro atoms. The molecule has 0 unspecified atom stereocenters.